The molecule has 0 unspecified atom stereocenters. The van der Waals surface area contributed by atoms with Gasteiger partial charge in [0.15, 0.2) is 5.13 Å². The van der Waals surface area contributed by atoms with Crippen LogP contribution in [0.4, 0.5) is 5.13 Å². The Bertz CT molecular complexity index is 1260. The number of anilines is 1. The predicted octanol–water partition coefficient (Wildman–Crippen LogP) is 6.63. The second-order valence-corrected chi connectivity index (χ2v) is 11.6. The van der Waals surface area contributed by atoms with E-state index in [2.05, 4.69) is 10.3 Å². The summed E-state index contributed by atoms with van der Waals surface area (Å²) in [6.45, 7) is 0.406. The van der Waals surface area contributed by atoms with Crippen LogP contribution in [0.3, 0.4) is 0 Å². The number of fused-ring (bicyclic) bond motifs is 1. The highest BCUT2D eigenvalue weighted by Gasteiger charge is 2.31. The molecule has 1 saturated carbocycles. The summed E-state index contributed by atoms with van der Waals surface area (Å²) in [5.41, 5.74) is 1.80. The first kappa shape index (κ1) is 24.9. The summed E-state index contributed by atoms with van der Waals surface area (Å²) in [5, 5.41) is 3.44. The molecular weight excluding hydrogens is 511 g/mol. The first-order valence-electron chi connectivity index (χ1n) is 12.2. The van der Waals surface area contributed by atoms with Crippen molar-refractivity contribution in [2.24, 2.45) is 0 Å². The number of hydrogen-bond donors (Lipinski definition) is 1. The molecular formula is C27H27N3O3S3. The van der Waals surface area contributed by atoms with E-state index in [4.69, 9.17) is 17.0 Å². The molecule has 1 aliphatic heterocycles. The topological polar surface area (TPSA) is 71.5 Å². The fraction of sp³-hybridized carbons (Fsp3) is 0.333. The van der Waals surface area contributed by atoms with Gasteiger partial charge in [0.25, 0.3) is 5.91 Å². The number of hydrogen-bond acceptors (Lipinski definition) is 7. The molecule has 3 aromatic rings. The van der Waals surface area contributed by atoms with Crippen LogP contribution >= 0.6 is 35.3 Å². The number of nitrogens with one attached hydrogen (secondary N) is 1. The number of thiazole rings is 1. The number of rotatable bonds is 8. The summed E-state index contributed by atoms with van der Waals surface area (Å²) < 4.78 is 7.65. The number of carbonyl (C=O) groups excluding carboxylic acids is 2. The highest BCUT2D eigenvalue weighted by atomic mass is 32.2. The van der Waals surface area contributed by atoms with Crippen molar-refractivity contribution in [2.75, 3.05) is 11.9 Å². The Morgan fingerprint density at radius 2 is 1.92 bits per heavy atom. The van der Waals surface area contributed by atoms with Gasteiger partial charge in [-0.25, -0.2) is 4.98 Å². The lowest BCUT2D eigenvalue weighted by molar-refractivity contribution is -0.122. The van der Waals surface area contributed by atoms with E-state index in [1.807, 2.05) is 54.6 Å². The van der Waals surface area contributed by atoms with E-state index >= 15 is 0 Å². The molecule has 2 amide bonds. The lowest BCUT2D eigenvalue weighted by Crippen LogP contribution is -2.29. The van der Waals surface area contributed by atoms with Crippen LogP contribution in [0.1, 0.15) is 50.5 Å². The summed E-state index contributed by atoms with van der Waals surface area (Å²) in [4.78, 5) is 31.9. The van der Waals surface area contributed by atoms with E-state index < -0.39 is 0 Å². The van der Waals surface area contributed by atoms with Gasteiger partial charge in [-0.05, 0) is 68.0 Å². The Hall–Kier alpha value is -2.75. The Kier molecular flexibility index (Phi) is 7.99. The maximum absolute atomic E-state index is 12.9. The molecule has 5 rings (SSSR count). The second-order valence-electron chi connectivity index (χ2n) is 8.92. The minimum Gasteiger partial charge on any atom is -0.490 e. The van der Waals surface area contributed by atoms with E-state index in [0.29, 0.717) is 33.4 Å². The molecule has 1 saturated heterocycles. The molecule has 2 heterocycles. The predicted molar refractivity (Wildman–Crippen MR) is 151 cm³/mol. The number of nitrogens with zero attached hydrogens (tertiary/aromatic N) is 2. The number of ether oxygens (including phenoxy) is 1. The first-order valence-corrected chi connectivity index (χ1v) is 14.3. The summed E-state index contributed by atoms with van der Waals surface area (Å²) >= 11 is 8.19. The Balaban J connectivity index is 1.11. The first-order chi connectivity index (χ1) is 17.5. The number of thiocarbonyl (C=S) groups is 1. The zero-order valence-corrected chi connectivity index (χ0v) is 22.2. The molecule has 0 spiro atoms. The number of aromatic nitrogens is 1. The van der Waals surface area contributed by atoms with Crippen molar-refractivity contribution in [2.45, 2.75) is 51.0 Å². The molecule has 6 nitrogen and oxygen atoms in total. The summed E-state index contributed by atoms with van der Waals surface area (Å²) in [7, 11) is 0. The van der Waals surface area contributed by atoms with Crippen molar-refractivity contribution >= 4 is 72.9 Å². The molecule has 9 heteroatoms. The minimum absolute atomic E-state index is 0.112. The van der Waals surface area contributed by atoms with E-state index in [0.717, 1.165) is 34.4 Å². The maximum Gasteiger partial charge on any atom is 0.266 e. The van der Waals surface area contributed by atoms with Crippen molar-refractivity contribution < 1.29 is 14.3 Å². The molecule has 0 radical (unpaired) electrons. The summed E-state index contributed by atoms with van der Waals surface area (Å²) in [5.74, 6) is 0.639. The van der Waals surface area contributed by atoms with Crippen LogP contribution in [0.5, 0.6) is 5.75 Å². The van der Waals surface area contributed by atoms with E-state index in [9.17, 15) is 9.59 Å². The largest absolute Gasteiger partial charge is 0.490 e. The standard InChI is InChI=1S/C27H27N3O3S3/c31-24(29-26-28-21-9-4-5-10-22(21)35-26)11-6-16-30-25(32)23(36-27(30)34)17-18-12-14-20(15-13-18)33-19-7-2-1-3-8-19/h4-5,9-10,12-15,17,19H,1-3,6-8,11,16H2,(H,28,29,31)/b23-17-. The van der Waals surface area contributed by atoms with Gasteiger partial charge in [0.2, 0.25) is 5.91 Å². The van der Waals surface area contributed by atoms with Crippen LogP contribution in [-0.2, 0) is 9.59 Å². The van der Waals surface area contributed by atoms with Crippen molar-refractivity contribution in [1.29, 1.82) is 0 Å². The van der Waals surface area contributed by atoms with Gasteiger partial charge in [-0.3, -0.25) is 14.5 Å². The van der Waals surface area contributed by atoms with Gasteiger partial charge in [0.1, 0.15) is 10.1 Å². The average molecular weight is 538 g/mol. The Morgan fingerprint density at radius 1 is 1.14 bits per heavy atom. The fourth-order valence-corrected chi connectivity index (χ4v) is 6.56. The molecule has 1 N–H and O–H groups in total. The molecule has 186 valence electrons. The molecule has 2 aliphatic rings. The lowest BCUT2D eigenvalue weighted by Gasteiger charge is -2.22. The molecule has 0 bridgehead atoms. The highest BCUT2D eigenvalue weighted by Crippen LogP contribution is 2.33. The maximum atomic E-state index is 12.9. The van der Waals surface area contributed by atoms with Gasteiger partial charge >= 0.3 is 0 Å². The minimum atomic E-state index is -0.120. The number of thioether (sulfide) groups is 1. The van der Waals surface area contributed by atoms with Crippen molar-refractivity contribution in [3.63, 3.8) is 0 Å². The van der Waals surface area contributed by atoms with Gasteiger partial charge in [-0.1, -0.05) is 66.0 Å². The quantitative estimate of drug-likeness (QED) is 0.257. The lowest BCUT2D eigenvalue weighted by atomic mass is 9.98. The van der Waals surface area contributed by atoms with E-state index in [1.165, 1.54) is 42.4 Å². The fourth-order valence-electron chi connectivity index (χ4n) is 4.37. The highest BCUT2D eigenvalue weighted by molar-refractivity contribution is 8.26. The average Bonchev–Trinajstić information content (AvgIpc) is 3.40. The number of benzene rings is 2. The van der Waals surface area contributed by atoms with Gasteiger partial charge in [-0.2, -0.15) is 0 Å². The van der Waals surface area contributed by atoms with Crippen LogP contribution in [0, 0.1) is 0 Å². The van der Waals surface area contributed by atoms with Crippen LogP contribution in [0.2, 0.25) is 0 Å². The van der Waals surface area contributed by atoms with Gasteiger partial charge in [-0.15, -0.1) is 0 Å². The van der Waals surface area contributed by atoms with E-state index in [1.54, 1.807) is 4.90 Å². The van der Waals surface area contributed by atoms with Crippen LogP contribution in [-0.4, -0.2) is 38.7 Å². The SMILES string of the molecule is O=C(CCCN1C(=O)/C(=C/c2ccc(OC3CCCCC3)cc2)SC1=S)Nc1nc2ccccc2s1. The van der Waals surface area contributed by atoms with Crippen molar-refractivity contribution in [1.82, 2.24) is 9.88 Å². The van der Waals surface area contributed by atoms with Gasteiger partial charge < -0.3 is 10.1 Å². The molecule has 1 aromatic heterocycles. The zero-order chi connectivity index (χ0) is 24.9. The molecule has 2 fully saturated rings. The van der Waals surface area contributed by atoms with Crippen molar-refractivity contribution in [3.05, 3.63) is 59.0 Å². The third kappa shape index (κ3) is 6.14. The normalized spacial score (nSPS) is 17.8. The zero-order valence-electron chi connectivity index (χ0n) is 19.8. The Labute approximate surface area is 224 Å². The molecule has 0 atom stereocenters. The smallest absolute Gasteiger partial charge is 0.266 e. The van der Waals surface area contributed by atoms with Crippen molar-refractivity contribution in [3.8, 4) is 5.75 Å². The second kappa shape index (κ2) is 11.5. The third-order valence-electron chi connectivity index (χ3n) is 6.23. The number of carbonyl (C=O) groups is 2. The van der Waals surface area contributed by atoms with Crippen LogP contribution in [0.15, 0.2) is 53.4 Å². The van der Waals surface area contributed by atoms with E-state index in [-0.39, 0.29) is 18.2 Å². The molecule has 2 aromatic carbocycles. The van der Waals surface area contributed by atoms with Crippen LogP contribution in [0.25, 0.3) is 16.3 Å². The monoisotopic (exact) mass is 537 g/mol. The number of para-hydroxylation sites is 1. The summed E-state index contributed by atoms with van der Waals surface area (Å²) in [6.07, 6.45) is 8.98. The van der Waals surface area contributed by atoms with Crippen LogP contribution < -0.4 is 10.1 Å². The Morgan fingerprint density at radius 3 is 2.69 bits per heavy atom. The number of amides is 2. The summed E-state index contributed by atoms with van der Waals surface area (Å²) in [6, 6.07) is 15.6. The molecule has 36 heavy (non-hydrogen) atoms. The third-order valence-corrected chi connectivity index (χ3v) is 8.56. The van der Waals surface area contributed by atoms with Gasteiger partial charge in [0.05, 0.1) is 21.2 Å². The van der Waals surface area contributed by atoms with Gasteiger partial charge in [0, 0.05) is 13.0 Å². The molecule has 1 aliphatic carbocycles.